The van der Waals surface area contributed by atoms with Crippen molar-refractivity contribution in [3.8, 4) is 0 Å². The molecule has 1 aromatic carbocycles. The number of aliphatic carboxylic acids is 1. The summed E-state index contributed by atoms with van der Waals surface area (Å²) in [6, 6.07) is 7.33. The Kier molecular flexibility index (Phi) is 3.94. The maximum atomic E-state index is 12.2. The number of carbonyl (C=O) groups is 2. The Morgan fingerprint density at radius 1 is 1.32 bits per heavy atom. The van der Waals surface area contributed by atoms with E-state index in [0.717, 1.165) is 16.1 Å². The van der Waals surface area contributed by atoms with Gasteiger partial charge in [0.1, 0.15) is 0 Å². The van der Waals surface area contributed by atoms with Crippen molar-refractivity contribution >= 4 is 28.3 Å². The number of hydrogen-bond acceptors (Lipinski definition) is 4. The van der Waals surface area contributed by atoms with Gasteiger partial charge in [0.15, 0.2) is 5.13 Å². The molecule has 0 fully saturated rings. The highest BCUT2D eigenvalue weighted by Gasteiger charge is 2.27. The van der Waals surface area contributed by atoms with E-state index in [1.807, 2.05) is 19.1 Å². The van der Waals surface area contributed by atoms with E-state index in [-0.39, 0.29) is 11.8 Å². The predicted octanol–water partition coefficient (Wildman–Crippen LogP) is 2.89. The van der Waals surface area contributed by atoms with E-state index in [1.54, 1.807) is 12.1 Å². The number of aromatic nitrogens is 1. The van der Waals surface area contributed by atoms with Crippen molar-refractivity contribution in [3.63, 3.8) is 0 Å². The molecular formula is C16H16N2O3S. The first-order chi connectivity index (χ1) is 10.5. The van der Waals surface area contributed by atoms with Gasteiger partial charge in [0.25, 0.3) is 5.91 Å². The van der Waals surface area contributed by atoms with Crippen LogP contribution in [0.1, 0.15) is 32.9 Å². The molecule has 3 rings (SSSR count). The molecule has 1 unspecified atom stereocenters. The second kappa shape index (κ2) is 5.88. The van der Waals surface area contributed by atoms with Gasteiger partial charge in [0.05, 0.1) is 11.6 Å². The smallest absolute Gasteiger partial charge is 0.306 e. The summed E-state index contributed by atoms with van der Waals surface area (Å²) in [5, 5.41) is 12.4. The Labute approximate surface area is 132 Å². The van der Waals surface area contributed by atoms with E-state index in [2.05, 4.69) is 10.3 Å². The third-order valence-corrected chi connectivity index (χ3v) is 4.86. The van der Waals surface area contributed by atoms with Gasteiger partial charge < -0.3 is 5.11 Å². The van der Waals surface area contributed by atoms with E-state index in [1.165, 1.54) is 11.3 Å². The van der Waals surface area contributed by atoms with Crippen molar-refractivity contribution in [2.75, 3.05) is 5.32 Å². The fourth-order valence-corrected chi connectivity index (χ4v) is 3.60. The van der Waals surface area contributed by atoms with Gasteiger partial charge in [-0.2, -0.15) is 0 Å². The molecular weight excluding hydrogens is 300 g/mol. The zero-order chi connectivity index (χ0) is 15.7. The predicted molar refractivity (Wildman–Crippen MR) is 84.4 cm³/mol. The highest BCUT2D eigenvalue weighted by Crippen LogP contribution is 2.32. The Bertz CT molecular complexity index is 721. The molecule has 1 amide bonds. The molecule has 0 spiro atoms. The monoisotopic (exact) mass is 316 g/mol. The van der Waals surface area contributed by atoms with Crippen LogP contribution in [0.15, 0.2) is 24.3 Å². The Balaban J connectivity index is 1.73. The molecule has 114 valence electrons. The number of hydrogen-bond donors (Lipinski definition) is 2. The first kappa shape index (κ1) is 14.7. The fraction of sp³-hybridized carbons (Fsp3) is 0.312. The lowest BCUT2D eigenvalue weighted by Gasteiger charge is -2.16. The second-order valence-electron chi connectivity index (χ2n) is 5.49. The number of rotatable bonds is 3. The number of aryl methyl sites for hydroxylation is 2. The third-order valence-electron chi connectivity index (χ3n) is 3.82. The topological polar surface area (TPSA) is 79.3 Å². The quantitative estimate of drug-likeness (QED) is 0.912. The van der Waals surface area contributed by atoms with E-state index in [0.29, 0.717) is 30.0 Å². The van der Waals surface area contributed by atoms with Crippen molar-refractivity contribution in [2.24, 2.45) is 5.92 Å². The van der Waals surface area contributed by atoms with E-state index in [4.69, 9.17) is 5.11 Å². The lowest BCUT2D eigenvalue weighted by Crippen LogP contribution is -2.21. The number of nitrogens with zero attached hydrogens (tertiary/aromatic N) is 1. The average Bonchev–Trinajstić information content (AvgIpc) is 2.88. The lowest BCUT2D eigenvalue weighted by molar-refractivity contribution is -0.142. The number of thiazole rings is 1. The van der Waals surface area contributed by atoms with Gasteiger partial charge in [-0.05, 0) is 38.3 Å². The SMILES string of the molecule is Cc1ccc(C(=O)Nc2nc3c(s2)CC(C(=O)O)CC3)cc1. The molecule has 0 saturated carbocycles. The van der Waals surface area contributed by atoms with Crippen LogP contribution < -0.4 is 5.32 Å². The van der Waals surface area contributed by atoms with Crippen LogP contribution in [0.5, 0.6) is 0 Å². The first-order valence-corrected chi connectivity index (χ1v) is 7.94. The minimum atomic E-state index is -0.760. The number of amides is 1. The number of carboxylic acids is 1. The zero-order valence-electron chi connectivity index (χ0n) is 12.1. The van der Waals surface area contributed by atoms with Crippen LogP contribution in [0.25, 0.3) is 0 Å². The standard InChI is InChI=1S/C16H16N2O3S/c1-9-2-4-10(5-3-9)14(19)18-16-17-12-7-6-11(15(20)21)8-13(12)22-16/h2-5,11H,6-8H2,1H3,(H,20,21)(H,17,18,19). The van der Waals surface area contributed by atoms with Gasteiger partial charge >= 0.3 is 5.97 Å². The largest absolute Gasteiger partial charge is 0.481 e. The molecule has 2 N–H and O–H groups in total. The fourth-order valence-electron chi connectivity index (χ4n) is 2.51. The third kappa shape index (κ3) is 3.01. The Morgan fingerprint density at radius 2 is 2.05 bits per heavy atom. The maximum absolute atomic E-state index is 12.2. The van der Waals surface area contributed by atoms with Crippen LogP contribution in [0.2, 0.25) is 0 Å². The first-order valence-electron chi connectivity index (χ1n) is 7.12. The summed E-state index contributed by atoms with van der Waals surface area (Å²) in [6.07, 6.45) is 1.77. The van der Waals surface area contributed by atoms with Crippen LogP contribution in [0.4, 0.5) is 5.13 Å². The van der Waals surface area contributed by atoms with Crippen LogP contribution in [-0.4, -0.2) is 22.0 Å². The molecule has 5 nitrogen and oxygen atoms in total. The molecule has 1 aliphatic carbocycles. The van der Waals surface area contributed by atoms with Gasteiger partial charge in [-0.3, -0.25) is 14.9 Å². The van der Waals surface area contributed by atoms with E-state index >= 15 is 0 Å². The molecule has 1 heterocycles. The van der Waals surface area contributed by atoms with Crippen LogP contribution in [0.3, 0.4) is 0 Å². The minimum absolute atomic E-state index is 0.194. The van der Waals surface area contributed by atoms with Crippen LogP contribution >= 0.6 is 11.3 Å². The molecule has 6 heteroatoms. The summed E-state index contributed by atoms with van der Waals surface area (Å²) < 4.78 is 0. The number of nitrogens with one attached hydrogen (secondary N) is 1. The van der Waals surface area contributed by atoms with Crippen molar-refractivity contribution < 1.29 is 14.7 Å². The molecule has 1 aromatic heterocycles. The number of benzene rings is 1. The summed E-state index contributed by atoms with van der Waals surface area (Å²) in [5.74, 6) is -1.29. The van der Waals surface area contributed by atoms with Gasteiger partial charge in [-0.15, -0.1) is 11.3 Å². The minimum Gasteiger partial charge on any atom is -0.481 e. The molecule has 0 bridgehead atoms. The summed E-state index contributed by atoms with van der Waals surface area (Å²) in [4.78, 5) is 28.6. The maximum Gasteiger partial charge on any atom is 0.306 e. The molecule has 2 aromatic rings. The molecule has 1 aliphatic rings. The van der Waals surface area contributed by atoms with Crippen LogP contribution in [-0.2, 0) is 17.6 Å². The molecule has 0 aliphatic heterocycles. The summed E-state index contributed by atoms with van der Waals surface area (Å²) in [7, 11) is 0. The second-order valence-corrected chi connectivity index (χ2v) is 6.57. The summed E-state index contributed by atoms with van der Waals surface area (Å²) >= 11 is 1.38. The van der Waals surface area contributed by atoms with Crippen molar-refractivity contribution in [1.29, 1.82) is 0 Å². The molecule has 22 heavy (non-hydrogen) atoms. The normalized spacial score (nSPS) is 16.9. The van der Waals surface area contributed by atoms with Crippen LogP contribution in [0, 0.1) is 12.8 Å². The van der Waals surface area contributed by atoms with Gasteiger partial charge in [0, 0.05) is 10.4 Å². The summed E-state index contributed by atoms with van der Waals surface area (Å²) in [6.45, 7) is 1.97. The lowest BCUT2D eigenvalue weighted by atomic mass is 9.91. The number of anilines is 1. The van der Waals surface area contributed by atoms with Gasteiger partial charge in [-0.1, -0.05) is 17.7 Å². The van der Waals surface area contributed by atoms with Crippen molar-refractivity contribution in [1.82, 2.24) is 4.98 Å². The number of carboxylic acid groups (broad SMARTS) is 1. The van der Waals surface area contributed by atoms with E-state index < -0.39 is 5.97 Å². The van der Waals surface area contributed by atoms with Crippen molar-refractivity contribution in [2.45, 2.75) is 26.2 Å². The number of carbonyl (C=O) groups excluding carboxylic acids is 1. The van der Waals surface area contributed by atoms with Gasteiger partial charge in [-0.25, -0.2) is 4.98 Å². The highest BCUT2D eigenvalue weighted by atomic mass is 32.1. The summed E-state index contributed by atoms with van der Waals surface area (Å²) in [5.41, 5.74) is 2.60. The molecule has 0 radical (unpaired) electrons. The Morgan fingerprint density at radius 3 is 2.73 bits per heavy atom. The number of fused-ring (bicyclic) bond motifs is 1. The Hall–Kier alpha value is -2.21. The van der Waals surface area contributed by atoms with E-state index in [9.17, 15) is 9.59 Å². The van der Waals surface area contributed by atoms with Gasteiger partial charge in [0.2, 0.25) is 0 Å². The van der Waals surface area contributed by atoms with Crippen molar-refractivity contribution in [3.05, 3.63) is 46.0 Å². The molecule has 0 saturated heterocycles. The highest BCUT2D eigenvalue weighted by molar-refractivity contribution is 7.15. The zero-order valence-corrected chi connectivity index (χ0v) is 12.9. The average molecular weight is 316 g/mol. The molecule has 1 atom stereocenters.